The van der Waals surface area contributed by atoms with E-state index < -0.39 is 0 Å². The second-order valence-electron chi connectivity index (χ2n) is 0.761. The van der Waals surface area contributed by atoms with Gasteiger partial charge in [0.05, 0.1) is 6.33 Å². The minimum atomic E-state index is 0. The van der Waals surface area contributed by atoms with Crippen molar-refractivity contribution >= 4 is 0 Å². The van der Waals surface area contributed by atoms with Crippen LogP contribution in [0.3, 0.4) is 0 Å². The summed E-state index contributed by atoms with van der Waals surface area (Å²) in [5, 5.41) is 0. The van der Waals surface area contributed by atoms with E-state index in [1.54, 1.807) is 18.7 Å². The van der Waals surface area contributed by atoms with Gasteiger partial charge in [0, 0.05) is 12.4 Å². The summed E-state index contributed by atoms with van der Waals surface area (Å²) in [6.07, 6.45) is 5.08. The van der Waals surface area contributed by atoms with E-state index in [2.05, 4.69) is 9.97 Å². The van der Waals surface area contributed by atoms with Gasteiger partial charge in [-0.15, -0.1) is 0 Å². The molecule has 0 aliphatic carbocycles. The monoisotopic (exact) mass is 127 g/mol. The Hall–Kier alpha value is -0.284. The molecule has 1 aromatic rings. The van der Waals surface area contributed by atoms with Gasteiger partial charge in [-0.1, -0.05) is 0 Å². The summed E-state index contributed by atoms with van der Waals surface area (Å²) in [6, 6.07) is 0. The number of hydrogen-bond acceptors (Lipinski definition) is 1. The van der Waals surface area contributed by atoms with Crippen LogP contribution in [0.4, 0.5) is 0 Å². The Morgan fingerprint density at radius 3 is 2.50 bits per heavy atom. The predicted octanol–water partition coefficient (Wildman–Crippen LogP) is 0.407. The fourth-order valence-electron chi connectivity index (χ4n) is 0.215. The Bertz CT molecular complexity index is 65.3. The second kappa shape index (κ2) is 2.93. The molecule has 0 amide bonds. The van der Waals surface area contributed by atoms with Crippen LogP contribution >= 0.6 is 0 Å². The molecular weight excluding hydrogens is 123 g/mol. The molecule has 6 heavy (non-hydrogen) atoms. The Labute approximate surface area is 46.2 Å². The maximum Gasteiger partial charge on any atom is 3.00 e. The SMILES string of the molecule is [Co+3].c1c[nH]cn1. The van der Waals surface area contributed by atoms with Gasteiger partial charge in [0.1, 0.15) is 0 Å². The maximum atomic E-state index is 3.67. The quantitative estimate of drug-likeness (QED) is 0.537. The normalized spacial score (nSPS) is 6.67. The molecule has 0 aliphatic heterocycles. The average Bonchev–Trinajstić information content (AvgIpc) is 1.76. The first-order valence-electron chi connectivity index (χ1n) is 1.43. The zero-order chi connectivity index (χ0) is 3.54. The van der Waals surface area contributed by atoms with Crippen molar-refractivity contribution in [1.29, 1.82) is 0 Å². The summed E-state index contributed by atoms with van der Waals surface area (Å²) < 4.78 is 0. The predicted molar refractivity (Wildman–Crippen MR) is 18.6 cm³/mol. The first-order chi connectivity index (χ1) is 2.50. The Kier molecular flexibility index (Phi) is 2.79. The van der Waals surface area contributed by atoms with Crippen LogP contribution in [0, 0.1) is 0 Å². The van der Waals surface area contributed by atoms with E-state index >= 15 is 0 Å². The molecule has 0 radical (unpaired) electrons. The number of hydrogen-bond donors (Lipinski definition) is 1. The standard InChI is InChI=1S/C3H4N2.Co/c1-2-5-3-4-1;/h1-3H,(H,4,5);/q;+3. The first kappa shape index (κ1) is 5.72. The third-order valence-electron chi connectivity index (χ3n) is 0.406. The van der Waals surface area contributed by atoms with Gasteiger partial charge in [-0.05, 0) is 0 Å². The number of nitrogens with one attached hydrogen (secondary N) is 1. The van der Waals surface area contributed by atoms with E-state index in [4.69, 9.17) is 0 Å². The fourth-order valence-corrected chi connectivity index (χ4v) is 0.215. The second-order valence-corrected chi connectivity index (χ2v) is 0.761. The zero-order valence-electron chi connectivity index (χ0n) is 3.01. The van der Waals surface area contributed by atoms with Crippen LogP contribution in [-0.2, 0) is 16.8 Å². The summed E-state index contributed by atoms with van der Waals surface area (Å²) in [4.78, 5) is 6.42. The van der Waals surface area contributed by atoms with E-state index in [1.165, 1.54) is 0 Å². The minimum absolute atomic E-state index is 0. The molecule has 2 nitrogen and oxygen atoms in total. The van der Waals surface area contributed by atoms with Crippen molar-refractivity contribution in [2.24, 2.45) is 0 Å². The van der Waals surface area contributed by atoms with Crippen LogP contribution in [-0.4, -0.2) is 9.97 Å². The average molecular weight is 127 g/mol. The van der Waals surface area contributed by atoms with Crippen molar-refractivity contribution in [3.63, 3.8) is 0 Å². The van der Waals surface area contributed by atoms with E-state index in [9.17, 15) is 0 Å². The molecule has 0 fully saturated rings. The van der Waals surface area contributed by atoms with Gasteiger partial charge in [0.25, 0.3) is 0 Å². The molecule has 32 valence electrons. The van der Waals surface area contributed by atoms with E-state index in [0.717, 1.165) is 0 Å². The molecule has 0 unspecified atom stereocenters. The van der Waals surface area contributed by atoms with Gasteiger partial charge in [0.2, 0.25) is 0 Å². The molecule has 1 heterocycles. The van der Waals surface area contributed by atoms with Crippen molar-refractivity contribution in [3.8, 4) is 0 Å². The number of aromatic nitrogens is 2. The molecular formula is C3H4CoN2+3. The minimum Gasteiger partial charge on any atom is -0.351 e. The topological polar surface area (TPSA) is 28.7 Å². The molecule has 0 saturated carbocycles. The molecule has 3 heteroatoms. The number of H-pyrrole nitrogens is 1. The molecule has 1 aromatic heterocycles. The smallest absolute Gasteiger partial charge is 0.351 e. The largest absolute Gasteiger partial charge is 3.00 e. The number of aromatic amines is 1. The van der Waals surface area contributed by atoms with Gasteiger partial charge < -0.3 is 4.98 Å². The van der Waals surface area contributed by atoms with Crippen LogP contribution in [0.15, 0.2) is 18.7 Å². The van der Waals surface area contributed by atoms with Crippen LogP contribution in [0.1, 0.15) is 0 Å². The Morgan fingerprint density at radius 2 is 2.33 bits per heavy atom. The molecule has 0 aromatic carbocycles. The van der Waals surface area contributed by atoms with Crippen molar-refractivity contribution in [1.82, 2.24) is 9.97 Å². The summed E-state index contributed by atoms with van der Waals surface area (Å²) in [7, 11) is 0. The van der Waals surface area contributed by atoms with E-state index in [0.29, 0.717) is 0 Å². The van der Waals surface area contributed by atoms with E-state index in [-0.39, 0.29) is 16.8 Å². The van der Waals surface area contributed by atoms with Gasteiger partial charge in [-0.3, -0.25) is 0 Å². The van der Waals surface area contributed by atoms with Gasteiger partial charge in [-0.25, -0.2) is 4.98 Å². The van der Waals surface area contributed by atoms with Crippen molar-refractivity contribution in [2.45, 2.75) is 0 Å². The summed E-state index contributed by atoms with van der Waals surface area (Å²) in [6.45, 7) is 0. The molecule has 0 atom stereocenters. The maximum absolute atomic E-state index is 3.67. The molecule has 0 aliphatic rings. The van der Waals surface area contributed by atoms with Gasteiger partial charge >= 0.3 is 16.8 Å². The van der Waals surface area contributed by atoms with Gasteiger partial charge in [0.15, 0.2) is 0 Å². The Balaban J connectivity index is 0.000000250. The van der Waals surface area contributed by atoms with E-state index in [1.807, 2.05) is 0 Å². The van der Waals surface area contributed by atoms with Crippen molar-refractivity contribution < 1.29 is 16.8 Å². The molecule has 1 N–H and O–H groups in total. The Morgan fingerprint density at radius 1 is 1.50 bits per heavy atom. The third-order valence-corrected chi connectivity index (χ3v) is 0.406. The van der Waals surface area contributed by atoms with Crippen LogP contribution in [0.25, 0.3) is 0 Å². The molecule has 0 saturated heterocycles. The summed E-state index contributed by atoms with van der Waals surface area (Å²) >= 11 is 0. The summed E-state index contributed by atoms with van der Waals surface area (Å²) in [5.41, 5.74) is 0. The van der Waals surface area contributed by atoms with Gasteiger partial charge in [-0.2, -0.15) is 0 Å². The third kappa shape index (κ3) is 1.23. The summed E-state index contributed by atoms with van der Waals surface area (Å²) in [5.74, 6) is 0. The van der Waals surface area contributed by atoms with Crippen LogP contribution in [0.5, 0.6) is 0 Å². The molecule has 1 rings (SSSR count). The van der Waals surface area contributed by atoms with Crippen LogP contribution in [0.2, 0.25) is 0 Å². The van der Waals surface area contributed by atoms with Crippen molar-refractivity contribution in [2.75, 3.05) is 0 Å². The number of imidazole rings is 1. The first-order valence-corrected chi connectivity index (χ1v) is 1.43. The molecule has 0 spiro atoms. The van der Waals surface area contributed by atoms with Crippen LogP contribution < -0.4 is 0 Å². The fraction of sp³-hybridized carbons (Fsp3) is 0. The van der Waals surface area contributed by atoms with Crippen molar-refractivity contribution in [3.05, 3.63) is 18.7 Å². The number of nitrogens with zero attached hydrogens (tertiary/aromatic N) is 1. The molecule has 0 bridgehead atoms. The zero-order valence-corrected chi connectivity index (χ0v) is 4.05. The number of rotatable bonds is 0.